The summed E-state index contributed by atoms with van der Waals surface area (Å²) in [6.07, 6.45) is 5.90. The molecule has 64 heavy (non-hydrogen) atoms. The van der Waals surface area contributed by atoms with Gasteiger partial charge in [-0.05, 0) is 133 Å². The second kappa shape index (κ2) is 17.6. The molecule has 0 spiro atoms. The Morgan fingerprint density at radius 3 is 1.56 bits per heavy atom. The number of nitrogens with zero attached hydrogens (tertiary/aromatic N) is 10. The number of rotatable bonds is 12. The molecule has 0 aliphatic heterocycles. The summed E-state index contributed by atoms with van der Waals surface area (Å²) in [7, 11) is 0. The number of benzene rings is 4. The number of hydrogen-bond acceptors (Lipinski definition) is 10. The highest BCUT2D eigenvalue weighted by Crippen LogP contribution is 2.32. The summed E-state index contributed by atoms with van der Waals surface area (Å²) in [6.45, 7) is 6.15. The third-order valence-electron chi connectivity index (χ3n) is 10.9. The number of aromatic nitrogens is 10. The van der Waals surface area contributed by atoms with Crippen molar-refractivity contribution in [3.05, 3.63) is 156 Å². The van der Waals surface area contributed by atoms with Crippen molar-refractivity contribution in [3.8, 4) is 34.0 Å². The van der Waals surface area contributed by atoms with E-state index in [1.165, 1.54) is 25.0 Å². The molecule has 1 fully saturated rings. The summed E-state index contributed by atoms with van der Waals surface area (Å²) in [6, 6.07) is 37.4. The van der Waals surface area contributed by atoms with Crippen LogP contribution in [-0.2, 0) is 13.1 Å². The van der Waals surface area contributed by atoms with Crippen molar-refractivity contribution in [1.82, 2.24) is 49.9 Å². The highest BCUT2D eigenvalue weighted by Gasteiger charge is 2.23. The van der Waals surface area contributed by atoms with Gasteiger partial charge in [0.05, 0.1) is 48.7 Å². The molecule has 1 aliphatic rings. The second-order valence-electron chi connectivity index (χ2n) is 16.4. The van der Waals surface area contributed by atoms with E-state index in [9.17, 15) is 8.78 Å². The van der Waals surface area contributed by atoms with Crippen molar-refractivity contribution in [1.29, 1.82) is 0 Å². The second-order valence-corrected chi connectivity index (χ2v) is 16.4. The average Bonchev–Trinajstić information content (AvgIpc) is 3.95. The van der Waals surface area contributed by atoms with Gasteiger partial charge in [-0.15, -0.1) is 10.2 Å². The van der Waals surface area contributed by atoms with Crippen LogP contribution in [-0.4, -0.2) is 63.1 Å². The Morgan fingerprint density at radius 1 is 0.578 bits per heavy atom. The first-order valence-corrected chi connectivity index (χ1v) is 21.2. The average molecular weight is 853 g/mol. The Kier molecular flexibility index (Phi) is 11.1. The molecule has 0 bridgehead atoms. The van der Waals surface area contributed by atoms with Crippen molar-refractivity contribution in [2.24, 2.45) is 11.8 Å². The zero-order valence-corrected chi connectivity index (χ0v) is 35.1. The van der Waals surface area contributed by atoms with Crippen LogP contribution in [0.15, 0.2) is 134 Å². The maximum atomic E-state index is 14.6. The van der Waals surface area contributed by atoms with Gasteiger partial charge in [-0.3, -0.25) is 9.97 Å². The smallest absolute Gasteiger partial charge is 0.179 e. The van der Waals surface area contributed by atoms with Gasteiger partial charge in [0, 0.05) is 34.3 Å². The molecule has 14 heteroatoms. The summed E-state index contributed by atoms with van der Waals surface area (Å²) >= 11 is 0. The standard InChI is InChI=1S/C25H20FN5O.C25H22FN5O/c26-20-13-19(6-10-24(20)32-15-16-3-4-16)22-8-9-23-25(28-22)31(30-29-23)14-17-5-7-21-18(12-17)2-1-11-27-21;1-16(2)15-32-24-10-6-19(13-20(24)26)22-8-9-23-25(28-22)31(30-29-23)14-17-5-7-21-18(12-17)4-3-11-27-21/h1-2,5-13,16H,3-4,14-15H2;3-13,16H,14-15H2,1-2H3. The maximum Gasteiger partial charge on any atom is 0.179 e. The first-order valence-electron chi connectivity index (χ1n) is 21.2. The van der Waals surface area contributed by atoms with E-state index in [0.29, 0.717) is 88.7 Å². The van der Waals surface area contributed by atoms with Crippen LogP contribution in [0.1, 0.15) is 37.8 Å². The molecular formula is C50H42F2N10O2. The molecule has 0 saturated heterocycles. The van der Waals surface area contributed by atoms with Gasteiger partial charge in [0.2, 0.25) is 0 Å². The summed E-state index contributed by atoms with van der Waals surface area (Å²) in [4.78, 5) is 18.2. The van der Waals surface area contributed by atoms with Crippen molar-refractivity contribution in [2.45, 2.75) is 39.8 Å². The summed E-state index contributed by atoms with van der Waals surface area (Å²) in [5.41, 5.74) is 9.41. The SMILES string of the molecule is CC(C)COc1ccc(-c2ccc3nnn(Cc4ccc5ncccc5c4)c3n2)cc1F.Fc1cc(-c2ccc3nnn(Cc4ccc5ncccc5c4)c3n2)ccc1OCC1CC1. The fourth-order valence-corrected chi connectivity index (χ4v) is 7.34. The van der Waals surface area contributed by atoms with Gasteiger partial charge < -0.3 is 9.47 Å². The van der Waals surface area contributed by atoms with Crippen molar-refractivity contribution < 1.29 is 18.3 Å². The van der Waals surface area contributed by atoms with Crippen molar-refractivity contribution in [2.75, 3.05) is 13.2 Å². The fraction of sp³-hybridized carbons (Fsp3) is 0.200. The van der Waals surface area contributed by atoms with E-state index in [-0.39, 0.29) is 11.6 Å². The number of pyridine rings is 4. The molecule has 0 N–H and O–H groups in total. The molecule has 0 unspecified atom stereocenters. The summed E-state index contributed by atoms with van der Waals surface area (Å²) in [5, 5.41) is 19.2. The molecule has 11 rings (SSSR count). The number of ether oxygens (including phenoxy) is 2. The first kappa shape index (κ1) is 40.3. The molecular weight excluding hydrogens is 811 g/mol. The van der Waals surface area contributed by atoms with E-state index in [0.717, 1.165) is 32.9 Å². The van der Waals surface area contributed by atoms with Crippen LogP contribution in [0.4, 0.5) is 8.78 Å². The Morgan fingerprint density at radius 2 is 1.08 bits per heavy atom. The third-order valence-corrected chi connectivity index (χ3v) is 10.9. The van der Waals surface area contributed by atoms with Crippen LogP contribution in [0.25, 0.3) is 66.6 Å². The van der Waals surface area contributed by atoms with Gasteiger partial charge in [-0.1, -0.05) is 48.5 Å². The van der Waals surface area contributed by atoms with Crippen molar-refractivity contribution >= 4 is 44.1 Å². The quantitative estimate of drug-likeness (QED) is 0.117. The lowest BCUT2D eigenvalue weighted by Gasteiger charge is -2.10. The minimum absolute atomic E-state index is 0.251. The molecule has 0 atom stereocenters. The lowest BCUT2D eigenvalue weighted by Crippen LogP contribution is -2.05. The molecule has 4 aromatic carbocycles. The largest absolute Gasteiger partial charge is 0.490 e. The molecule has 6 aromatic heterocycles. The Balaban J connectivity index is 0.000000151. The molecule has 12 nitrogen and oxygen atoms in total. The Hall–Kier alpha value is -7.74. The normalized spacial score (nSPS) is 12.6. The first-order chi connectivity index (χ1) is 31.3. The van der Waals surface area contributed by atoms with Gasteiger partial charge in [0.25, 0.3) is 0 Å². The molecule has 318 valence electrons. The molecule has 1 saturated carbocycles. The van der Waals surface area contributed by atoms with Crippen LogP contribution in [0, 0.1) is 23.5 Å². The number of hydrogen-bond donors (Lipinski definition) is 0. The van der Waals surface area contributed by atoms with E-state index in [1.807, 2.05) is 98.8 Å². The maximum absolute atomic E-state index is 14.6. The molecule has 10 aromatic rings. The van der Waals surface area contributed by atoms with E-state index in [4.69, 9.17) is 19.4 Å². The minimum atomic E-state index is -0.401. The monoisotopic (exact) mass is 852 g/mol. The van der Waals surface area contributed by atoms with Gasteiger partial charge in [-0.2, -0.15) is 0 Å². The van der Waals surface area contributed by atoms with Gasteiger partial charge in [-0.25, -0.2) is 28.1 Å². The van der Waals surface area contributed by atoms with E-state index < -0.39 is 5.82 Å². The summed E-state index contributed by atoms with van der Waals surface area (Å²) in [5.74, 6) is 0.665. The number of halogens is 2. The van der Waals surface area contributed by atoms with E-state index in [2.05, 4.69) is 42.7 Å². The highest BCUT2D eigenvalue weighted by molar-refractivity contribution is 5.80. The van der Waals surface area contributed by atoms with Crippen LogP contribution >= 0.6 is 0 Å². The predicted octanol–water partition coefficient (Wildman–Crippen LogP) is 10.3. The molecule has 0 amide bonds. The molecule has 0 radical (unpaired) electrons. The number of fused-ring (bicyclic) bond motifs is 4. The zero-order chi connectivity index (χ0) is 43.6. The van der Waals surface area contributed by atoms with Gasteiger partial charge >= 0.3 is 0 Å². The highest BCUT2D eigenvalue weighted by atomic mass is 19.1. The topological polar surface area (TPSA) is 131 Å². The lowest BCUT2D eigenvalue weighted by atomic mass is 10.1. The van der Waals surface area contributed by atoms with Crippen LogP contribution in [0.5, 0.6) is 11.5 Å². The third kappa shape index (κ3) is 8.93. The lowest BCUT2D eigenvalue weighted by molar-refractivity contribution is 0.259. The predicted molar refractivity (Wildman–Crippen MR) is 242 cm³/mol. The van der Waals surface area contributed by atoms with Crippen LogP contribution in [0.3, 0.4) is 0 Å². The van der Waals surface area contributed by atoms with Crippen LogP contribution < -0.4 is 9.47 Å². The van der Waals surface area contributed by atoms with Gasteiger partial charge in [0.15, 0.2) is 34.4 Å². The Bertz CT molecular complexity index is 3080. The summed E-state index contributed by atoms with van der Waals surface area (Å²) < 4.78 is 43.8. The van der Waals surface area contributed by atoms with Crippen LogP contribution in [0.2, 0.25) is 0 Å². The molecule has 6 heterocycles. The fourth-order valence-electron chi connectivity index (χ4n) is 7.34. The Labute approximate surface area is 366 Å². The zero-order valence-electron chi connectivity index (χ0n) is 35.1. The van der Waals surface area contributed by atoms with E-state index in [1.54, 1.807) is 33.9 Å². The minimum Gasteiger partial charge on any atom is -0.490 e. The van der Waals surface area contributed by atoms with Crippen molar-refractivity contribution in [3.63, 3.8) is 0 Å². The van der Waals surface area contributed by atoms with Gasteiger partial charge in [0.1, 0.15) is 11.0 Å². The van der Waals surface area contributed by atoms with E-state index >= 15 is 0 Å². The molecule has 1 aliphatic carbocycles.